The number of hydrogen-bond donors (Lipinski definition) is 2. The first-order valence-electron chi connectivity index (χ1n) is 11.6. The van der Waals surface area contributed by atoms with E-state index in [9.17, 15) is 23.1 Å². The molecule has 35 heavy (non-hydrogen) atoms. The van der Waals surface area contributed by atoms with Gasteiger partial charge >= 0.3 is 12.1 Å². The highest BCUT2D eigenvalue weighted by Crippen LogP contribution is 2.44. The monoisotopic (exact) mass is 490 g/mol. The number of nitrogens with zero attached hydrogens (tertiary/aromatic N) is 3. The van der Waals surface area contributed by atoms with Gasteiger partial charge < -0.3 is 15.6 Å². The number of fused-ring (bicyclic) bond motifs is 1. The molecule has 188 valence electrons. The van der Waals surface area contributed by atoms with Gasteiger partial charge in [0.25, 0.3) is 0 Å². The summed E-state index contributed by atoms with van der Waals surface area (Å²) < 4.78 is 45.0. The molecule has 0 bridgehead atoms. The molecule has 10 heteroatoms. The Balaban J connectivity index is 1.56. The van der Waals surface area contributed by atoms with Gasteiger partial charge in [0.05, 0.1) is 11.1 Å². The van der Waals surface area contributed by atoms with Crippen LogP contribution < -0.4 is 10.5 Å². The summed E-state index contributed by atoms with van der Waals surface area (Å²) in [4.78, 5) is 22.9. The van der Waals surface area contributed by atoms with Crippen LogP contribution in [0.1, 0.15) is 76.2 Å². The molecule has 0 amide bonds. The molecular formula is C25H29F3N4O3. The number of nitrogen functional groups attached to an aromatic ring is 1. The number of aliphatic carboxylic acids is 1. The number of nitrogens with two attached hydrogens (primary N) is 1. The van der Waals surface area contributed by atoms with Crippen LogP contribution in [0, 0.1) is 11.3 Å². The highest BCUT2D eigenvalue weighted by atomic mass is 19.4. The number of hydrogen-bond acceptors (Lipinski definition) is 6. The summed E-state index contributed by atoms with van der Waals surface area (Å²) in [5.74, 6) is -2.33. The largest absolute Gasteiger partial charge is 0.481 e. The second-order valence-corrected chi connectivity index (χ2v) is 10.4. The number of ether oxygens (including phenoxy) is 1. The van der Waals surface area contributed by atoms with Crippen LogP contribution in [0.25, 0.3) is 0 Å². The lowest BCUT2D eigenvalue weighted by Gasteiger charge is -2.36. The SMILES string of the molecule is CC1(C)Oc2nc(C(F)(F)F)nc(N)c2N=C1c1ccc(C2CCC(C(C)(C)C(=O)O)CC2)cc1. The summed E-state index contributed by atoms with van der Waals surface area (Å²) in [6.07, 6.45) is -1.21. The van der Waals surface area contributed by atoms with Crippen molar-refractivity contribution in [1.82, 2.24) is 9.97 Å². The van der Waals surface area contributed by atoms with Crippen molar-refractivity contribution >= 4 is 23.2 Å². The van der Waals surface area contributed by atoms with Crippen LogP contribution >= 0.6 is 0 Å². The van der Waals surface area contributed by atoms with E-state index in [1.165, 1.54) is 0 Å². The lowest BCUT2D eigenvalue weighted by molar-refractivity contribution is -0.151. The van der Waals surface area contributed by atoms with Gasteiger partial charge in [-0.2, -0.15) is 18.2 Å². The van der Waals surface area contributed by atoms with E-state index in [1.54, 1.807) is 27.7 Å². The van der Waals surface area contributed by atoms with Crippen LogP contribution in [0.2, 0.25) is 0 Å². The Morgan fingerprint density at radius 3 is 2.23 bits per heavy atom. The van der Waals surface area contributed by atoms with Crippen molar-refractivity contribution in [3.05, 3.63) is 41.2 Å². The van der Waals surface area contributed by atoms with E-state index in [0.717, 1.165) is 36.8 Å². The van der Waals surface area contributed by atoms with Crippen LogP contribution in [0.4, 0.5) is 24.7 Å². The molecule has 2 heterocycles. The topological polar surface area (TPSA) is 111 Å². The van der Waals surface area contributed by atoms with Crippen molar-refractivity contribution in [3.63, 3.8) is 0 Å². The zero-order chi connectivity index (χ0) is 25.8. The molecule has 1 aliphatic heterocycles. The number of benzene rings is 1. The van der Waals surface area contributed by atoms with Gasteiger partial charge in [-0.25, -0.2) is 9.98 Å². The highest BCUT2D eigenvalue weighted by molar-refractivity contribution is 6.09. The number of alkyl halides is 3. The van der Waals surface area contributed by atoms with E-state index >= 15 is 0 Å². The quantitative estimate of drug-likeness (QED) is 0.564. The summed E-state index contributed by atoms with van der Waals surface area (Å²) in [6.45, 7) is 7.01. The van der Waals surface area contributed by atoms with Crippen molar-refractivity contribution in [3.8, 4) is 5.88 Å². The molecule has 2 aliphatic rings. The number of carboxylic acid groups (broad SMARTS) is 1. The lowest BCUT2D eigenvalue weighted by atomic mass is 9.67. The molecule has 7 nitrogen and oxygen atoms in total. The van der Waals surface area contributed by atoms with Crippen molar-refractivity contribution < 1.29 is 27.8 Å². The first kappa shape index (κ1) is 24.9. The van der Waals surface area contributed by atoms with Gasteiger partial charge in [-0.1, -0.05) is 24.3 Å². The van der Waals surface area contributed by atoms with E-state index in [0.29, 0.717) is 11.6 Å². The Labute approximate surface area is 201 Å². The molecule has 3 N–H and O–H groups in total. The van der Waals surface area contributed by atoms with Gasteiger partial charge in [-0.05, 0) is 70.8 Å². The predicted molar refractivity (Wildman–Crippen MR) is 125 cm³/mol. The molecule has 0 atom stereocenters. The number of anilines is 1. The summed E-state index contributed by atoms with van der Waals surface area (Å²) >= 11 is 0. The molecule has 0 spiro atoms. The third kappa shape index (κ3) is 4.70. The smallest absolute Gasteiger partial charge is 0.451 e. The number of halogens is 3. The Morgan fingerprint density at radius 1 is 1.09 bits per heavy atom. The summed E-state index contributed by atoms with van der Waals surface area (Å²) in [5, 5.41) is 9.51. The van der Waals surface area contributed by atoms with E-state index in [-0.39, 0.29) is 17.5 Å². The minimum absolute atomic E-state index is 0.0178. The summed E-state index contributed by atoms with van der Waals surface area (Å²) in [7, 11) is 0. The zero-order valence-electron chi connectivity index (χ0n) is 20.1. The fourth-order valence-electron chi connectivity index (χ4n) is 4.94. The third-order valence-electron chi connectivity index (χ3n) is 7.23. The number of aliphatic imine (C=N–C) groups is 1. The molecule has 1 aromatic carbocycles. The molecule has 1 saturated carbocycles. The van der Waals surface area contributed by atoms with Gasteiger partial charge in [0.2, 0.25) is 11.7 Å². The minimum atomic E-state index is -4.75. The lowest BCUT2D eigenvalue weighted by Crippen LogP contribution is -2.41. The van der Waals surface area contributed by atoms with E-state index in [2.05, 4.69) is 15.0 Å². The fraction of sp³-hybridized carbons (Fsp3) is 0.520. The molecule has 2 aromatic rings. The van der Waals surface area contributed by atoms with Crippen molar-refractivity contribution in [2.75, 3.05) is 5.73 Å². The number of carboxylic acids is 1. The van der Waals surface area contributed by atoms with Crippen LogP contribution in [-0.4, -0.2) is 32.4 Å². The molecule has 1 aromatic heterocycles. The van der Waals surface area contributed by atoms with E-state index in [1.807, 2.05) is 24.3 Å². The molecular weight excluding hydrogens is 461 g/mol. The Bertz CT molecular complexity index is 1170. The van der Waals surface area contributed by atoms with Crippen LogP contribution in [0.3, 0.4) is 0 Å². The van der Waals surface area contributed by atoms with Crippen LogP contribution in [-0.2, 0) is 11.0 Å². The predicted octanol–water partition coefficient (Wildman–Crippen LogP) is 5.75. The van der Waals surface area contributed by atoms with Gasteiger partial charge in [-0.3, -0.25) is 4.79 Å². The van der Waals surface area contributed by atoms with Gasteiger partial charge in [0, 0.05) is 5.56 Å². The summed E-state index contributed by atoms with van der Waals surface area (Å²) in [5.41, 5.74) is 6.41. The molecule has 1 aliphatic carbocycles. The standard InChI is InChI=1S/C25H29F3N4O3/c1-23(2,22(33)34)16-11-9-14(10-12-16)13-5-7-15(8-6-13)18-24(3,4)35-20-17(30-18)19(29)31-21(32-20)25(26,27)28/h5-8,14,16H,9-12H2,1-4H3,(H,33,34)(H2,29,31,32). The van der Waals surface area contributed by atoms with E-state index in [4.69, 9.17) is 10.5 Å². The van der Waals surface area contributed by atoms with Gasteiger partial charge in [0.15, 0.2) is 11.5 Å². The Hall–Kier alpha value is -3.17. The van der Waals surface area contributed by atoms with Crippen LogP contribution in [0.15, 0.2) is 29.3 Å². The van der Waals surface area contributed by atoms with E-state index < -0.39 is 34.8 Å². The molecule has 0 unspecified atom stereocenters. The second kappa shape index (κ2) is 8.49. The number of rotatable bonds is 4. The maximum absolute atomic E-state index is 13.1. The first-order chi connectivity index (χ1) is 16.2. The molecule has 4 rings (SSSR count). The van der Waals surface area contributed by atoms with Crippen molar-refractivity contribution in [2.24, 2.45) is 16.3 Å². The number of aromatic nitrogens is 2. The zero-order valence-corrected chi connectivity index (χ0v) is 20.1. The molecule has 0 saturated heterocycles. The Morgan fingerprint density at radius 2 is 1.69 bits per heavy atom. The van der Waals surface area contributed by atoms with Crippen molar-refractivity contribution in [1.29, 1.82) is 0 Å². The maximum atomic E-state index is 13.1. The first-order valence-corrected chi connectivity index (χ1v) is 11.6. The highest BCUT2D eigenvalue weighted by Gasteiger charge is 2.41. The van der Waals surface area contributed by atoms with Gasteiger partial charge in [-0.15, -0.1) is 0 Å². The van der Waals surface area contributed by atoms with Crippen molar-refractivity contribution in [2.45, 2.75) is 71.1 Å². The van der Waals surface area contributed by atoms with Crippen LogP contribution in [0.5, 0.6) is 5.88 Å². The summed E-state index contributed by atoms with van der Waals surface area (Å²) in [6, 6.07) is 7.87. The maximum Gasteiger partial charge on any atom is 0.451 e. The number of carbonyl (C=O) groups is 1. The minimum Gasteiger partial charge on any atom is -0.481 e. The third-order valence-corrected chi connectivity index (χ3v) is 7.23. The second-order valence-electron chi connectivity index (χ2n) is 10.4. The molecule has 0 radical (unpaired) electrons. The fourth-order valence-corrected chi connectivity index (χ4v) is 4.94. The Kier molecular flexibility index (Phi) is 6.05. The molecule has 1 fully saturated rings. The average Bonchev–Trinajstić information content (AvgIpc) is 2.77. The van der Waals surface area contributed by atoms with Gasteiger partial charge in [0.1, 0.15) is 5.60 Å². The average molecular weight is 491 g/mol. The normalized spacial score (nSPS) is 22.1.